The predicted octanol–water partition coefficient (Wildman–Crippen LogP) is 2.05. The lowest BCUT2D eigenvalue weighted by Crippen LogP contribution is -2.32. The van der Waals surface area contributed by atoms with E-state index in [1.807, 2.05) is 6.07 Å². The van der Waals surface area contributed by atoms with E-state index in [2.05, 4.69) is 4.98 Å². The van der Waals surface area contributed by atoms with Crippen LogP contribution >= 0.6 is 11.8 Å². The average molecular weight is 241 g/mol. The molecule has 0 saturated carbocycles. The molecule has 16 heavy (non-hydrogen) atoms. The number of carboxylic acids is 1. The molecule has 5 heteroatoms. The molecule has 0 aromatic carbocycles. The molecule has 0 amide bonds. The Kier molecular flexibility index (Phi) is 4.76. The SMILES string of the molecule is COCCC(C)(Sc1ccccn1)C(=O)O. The van der Waals surface area contributed by atoms with Crippen LogP contribution in [-0.4, -0.2) is 34.5 Å². The molecule has 88 valence electrons. The minimum Gasteiger partial charge on any atom is -0.480 e. The Hall–Kier alpha value is -1.07. The summed E-state index contributed by atoms with van der Waals surface area (Å²) in [4.78, 5) is 15.3. The fourth-order valence-electron chi connectivity index (χ4n) is 1.14. The number of thioether (sulfide) groups is 1. The normalized spacial score (nSPS) is 14.4. The van der Waals surface area contributed by atoms with E-state index in [1.165, 1.54) is 11.8 Å². The Bertz CT molecular complexity index is 344. The van der Waals surface area contributed by atoms with E-state index in [0.717, 1.165) is 0 Å². The van der Waals surface area contributed by atoms with E-state index in [4.69, 9.17) is 4.74 Å². The molecular weight excluding hydrogens is 226 g/mol. The second-order valence-corrected chi connectivity index (χ2v) is 5.07. The number of carbonyl (C=O) groups is 1. The van der Waals surface area contributed by atoms with E-state index >= 15 is 0 Å². The van der Waals surface area contributed by atoms with Crippen molar-refractivity contribution in [3.8, 4) is 0 Å². The lowest BCUT2D eigenvalue weighted by atomic mass is 10.1. The Morgan fingerprint density at radius 2 is 2.38 bits per heavy atom. The number of ether oxygens (including phenoxy) is 1. The van der Waals surface area contributed by atoms with E-state index in [0.29, 0.717) is 18.1 Å². The Morgan fingerprint density at radius 1 is 1.62 bits per heavy atom. The molecule has 0 aliphatic heterocycles. The third-order valence-electron chi connectivity index (χ3n) is 2.20. The van der Waals surface area contributed by atoms with Crippen LogP contribution in [0, 0.1) is 0 Å². The maximum Gasteiger partial charge on any atom is 0.319 e. The maximum absolute atomic E-state index is 11.2. The Balaban J connectivity index is 2.75. The Labute approximate surface area is 99.0 Å². The van der Waals surface area contributed by atoms with Crippen molar-refractivity contribution >= 4 is 17.7 Å². The second-order valence-electron chi connectivity index (χ2n) is 3.55. The van der Waals surface area contributed by atoms with Crippen LogP contribution in [0.5, 0.6) is 0 Å². The molecule has 0 bridgehead atoms. The predicted molar refractivity (Wildman–Crippen MR) is 62.6 cm³/mol. The van der Waals surface area contributed by atoms with Gasteiger partial charge >= 0.3 is 5.97 Å². The fraction of sp³-hybridized carbons (Fsp3) is 0.455. The zero-order valence-corrected chi connectivity index (χ0v) is 10.2. The molecule has 0 aliphatic carbocycles. The molecule has 1 rings (SSSR count). The lowest BCUT2D eigenvalue weighted by Gasteiger charge is -2.23. The van der Waals surface area contributed by atoms with Crippen molar-refractivity contribution < 1.29 is 14.6 Å². The number of methoxy groups -OCH3 is 1. The van der Waals surface area contributed by atoms with Crippen LogP contribution in [0.3, 0.4) is 0 Å². The molecule has 0 spiro atoms. The van der Waals surface area contributed by atoms with Gasteiger partial charge in [0.1, 0.15) is 4.75 Å². The zero-order valence-electron chi connectivity index (χ0n) is 9.34. The van der Waals surface area contributed by atoms with Crippen molar-refractivity contribution in [1.29, 1.82) is 0 Å². The summed E-state index contributed by atoms with van der Waals surface area (Å²) in [5.41, 5.74) is 0. The second kappa shape index (κ2) is 5.86. The third-order valence-corrected chi connectivity index (χ3v) is 3.48. The molecule has 1 N–H and O–H groups in total. The summed E-state index contributed by atoms with van der Waals surface area (Å²) in [6.07, 6.45) is 2.10. The van der Waals surface area contributed by atoms with Crippen LogP contribution < -0.4 is 0 Å². The summed E-state index contributed by atoms with van der Waals surface area (Å²) < 4.78 is 4.03. The number of aliphatic carboxylic acids is 1. The first kappa shape index (κ1) is 13.0. The van der Waals surface area contributed by atoms with Crippen molar-refractivity contribution in [2.45, 2.75) is 23.1 Å². The van der Waals surface area contributed by atoms with Gasteiger partial charge in [-0.15, -0.1) is 0 Å². The van der Waals surface area contributed by atoms with Crippen LogP contribution in [-0.2, 0) is 9.53 Å². The number of pyridine rings is 1. The highest BCUT2D eigenvalue weighted by Crippen LogP contribution is 2.34. The summed E-state index contributed by atoms with van der Waals surface area (Å²) in [6, 6.07) is 5.45. The smallest absolute Gasteiger partial charge is 0.319 e. The largest absolute Gasteiger partial charge is 0.480 e. The molecule has 0 radical (unpaired) electrons. The van der Waals surface area contributed by atoms with Crippen LogP contribution in [0.25, 0.3) is 0 Å². The molecule has 1 aromatic rings. The summed E-state index contributed by atoms with van der Waals surface area (Å²) >= 11 is 1.25. The minimum atomic E-state index is -0.898. The first-order valence-corrected chi connectivity index (χ1v) is 5.72. The van der Waals surface area contributed by atoms with Gasteiger partial charge in [0.15, 0.2) is 0 Å². The summed E-state index contributed by atoms with van der Waals surface area (Å²) in [6.45, 7) is 2.11. The first-order chi connectivity index (χ1) is 7.58. The molecule has 0 fully saturated rings. The zero-order chi connectivity index (χ0) is 12.0. The van der Waals surface area contributed by atoms with Gasteiger partial charge in [0.25, 0.3) is 0 Å². The third kappa shape index (κ3) is 3.50. The summed E-state index contributed by atoms with van der Waals surface area (Å²) in [5, 5.41) is 9.93. The monoisotopic (exact) mass is 241 g/mol. The van der Waals surface area contributed by atoms with Gasteiger partial charge in [-0.3, -0.25) is 4.79 Å². The van der Waals surface area contributed by atoms with Gasteiger partial charge in [-0.05, 0) is 25.5 Å². The number of hydrogen-bond acceptors (Lipinski definition) is 4. The van der Waals surface area contributed by atoms with Crippen molar-refractivity contribution in [1.82, 2.24) is 4.98 Å². The van der Waals surface area contributed by atoms with Gasteiger partial charge in [0, 0.05) is 19.9 Å². The highest BCUT2D eigenvalue weighted by atomic mass is 32.2. The van der Waals surface area contributed by atoms with Gasteiger partial charge in [-0.25, -0.2) is 4.98 Å². The number of hydrogen-bond donors (Lipinski definition) is 1. The first-order valence-electron chi connectivity index (χ1n) is 4.91. The minimum absolute atomic E-state index is 0.419. The van der Waals surface area contributed by atoms with Gasteiger partial charge in [0.05, 0.1) is 5.03 Å². The van der Waals surface area contributed by atoms with E-state index in [-0.39, 0.29) is 0 Å². The van der Waals surface area contributed by atoms with Crippen molar-refractivity contribution in [2.24, 2.45) is 0 Å². The highest BCUT2D eigenvalue weighted by molar-refractivity contribution is 8.01. The number of aromatic nitrogens is 1. The molecule has 4 nitrogen and oxygen atoms in total. The molecular formula is C11H15NO3S. The lowest BCUT2D eigenvalue weighted by molar-refractivity contribution is -0.139. The molecule has 1 heterocycles. The molecule has 0 aliphatic rings. The number of nitrogens with zero attached hydrogens (tertiary/aromatic N) is 1. The topological polar surface area (TPSA) is 59.4 Å². The Morgan fingerprint density at radius 3 is 2.88 bits per heavy atom. The molecule has 1 unspecified atom stereocenters. The van der Waals surface area contributed by atoms with Crippen LogP contribution in [0.2, 0.25) is 0 Å². The molecule has 1 aromatic heterocycles. The van der Waals surface area contributed by atoms with Gasteiger partial charge in [-0.1, -0.05) is 17.8 Å². The van der Waals surface area contributed by atoms with E-state index in [1.54, 1.807) is 32.4 Å². The average Bonchev–Trinajstić information content (AvgIpc) is 2.27. The van der Waals surface area contributed by atoms with E-state index < -0.39 is 10.7 Å². The quantitative estimate of drug-likeness (QED) is 0.772. The molecule has 1 atom stereocenters. The van der Waals surface area contributed by atoms with Gasteiger partial charge in [-0.2, -0.15) is 0 Å². The maximum atomic E-state index is 11.2. The van der Waals surface area contributed by atoms with Gasteiger partial charge in [0.2, 0.25) is 0 Å². The highest BCUT2D eigenvalue weighted by Gasteiger charge is 2.34. The van der Waals surface area contributed by atoms with Crippen molar-refractivity contribution in [3.05, 3.63) is 24.4 Å². The van der Waals surface area contributed by atoms with Crippen molar-refractivity contribution in [3.63, 3.8) is 0 Å². The standard InChI is InChI=1S/C11H15NO3S/c1-11(10(13)14,6-8-15-2)16-9-5-3-4-7-12-9/h3-5,7H,6,8H2,1-2H3,(H,13,14). The van der Waals surface area contributed by atoms with Gasteiger partial charge < -0.3 is 9.84 Å². The van der Waals surface area contributed by atoms with Crippen LogP contribution in [0.15, 0.2) is 29.4 Å². The summed E-state index contributed by atoms with van der Waals surface area (Å²) in [5.74, 6) is -0.847. The summed E-state index contributed by atoms with van der Waals surface area (Å²) in [7, 11) is 1.56. The van der Waals surface area contributed by atoms with Crippen LogP contribution in [0.4, 0.5) is 0 Å². The van der Waals surface area contributed by atoms with E-state index in [9.17, 15) is 9.90 Å². The van der Waals surface area contributed by atoms with Crippen molar-refractivity contribution in [2.75, 3.05) is 13.7 Å². The molecule has 0 saturated heterocycles. The number of carboxylic acid groups (broad SMARTS) is 1. The number of rotatable bonds is 6. The van der Waals surface area contributed by atoms with Crippen LogP contribution in [0.1, 0.15) is 13.3 Å². The fourth-order valence-corrected chi connectivity index (χ4v) is 2.13.